The van der Waals surface area contributed by atoms with Crippen molar-refractivity contribution in [2.24, 2.45) is 0 Å². The van der Waals surface area contributed by atoms with Gasteiger partial charge in [-0.05, 0) is 35.9 Å². The average molecular weight is 361 g/mol. The van der Waals surface area contributed by atoms with Gasteiger partial charge >= 0.3 is 0 Å². The molecule has 25 heavy (non-hydrogen) atoms. The Morgan fingerprint density at radius 2 is 2.12 bits per heavy atom. The van der Waals surface area contributed by atoms with Gasteiger partial charge in [-0.3, -0.25) is 4.79 Å². The van der Waals surface area contributed by atoms with Crippen LogP contribution in [0.4, 0.5) is 0 Å². The Balaban J connectivity index is 1.54. The molecule has 0 unspecified atom stereocenters. The number of hydrogen-bond acceptors (Lipinski definition) is 5. The molecule has 1 aliphatic rings. The molecule has 2 N–H and O–H groups in total. The summed E-state index contributed by atoms with van der Waals surface area (Å²) in [5.74, 6) is 0.377. The minimum Gasteiger partial charge on any atom is -0.352 e. The minimum absolute atomic E-state index is 0.0503. The molecule has 0 atom stereocenters. The zero-order valence-corrected chi connectivity index (χ0v) is 15.6. The highest BCUT2D eigenvalue weighted by Crippen LogP contribution is 2.20. The predicted octanol–water partition coefficient (Wildman–Crippen LogP) is 0.246. The van der Waals surface area contributed by atoms with Gasteiger partial charge in [0.25, 0.3) is 0 Å². The van der Waals surface area contributed by atoms with Crippen molar-refractivity contribution in [3.05, 3.63) is 29.8 Å². The average Bonchev–Trinajstić information content (AvgIpc) is 3.09. The first-order chi connectivity index (χ1) is 12.2. The Kier molecular flexibility index (Phi) is 6.04. The molecule has 0 bridgehead atoms. The van der Waals surface area contributed by atoms with Crippen LogP contribution in [0, 0.1) is 6.92 Å². The van der Waals surface area contributed by atoms with Crippen LogP contribution in [-0.2, 0) is 4.79 Å². The van der Waals surface area contributed by atoms with Gasteiger partial charge in [0.2, 0.25) is 11.1 Å². The summed E-state index contributed by atoms with van der Waals surface area (Å²) in [6, 6.07) is 8.23. The molecule has 0 saturated carbocycles. The summed E-state index contributed by atoms with van der Waals surface area (Å²) < 4.78 is 1.69. The second kappa shape index (κ2) is 8.44. The second-order valence-electron chi connectivity index (χ2n) is 6.39. The van der Waals surface area contributed by atoms with E-state index in [4.69, 9.17) is 0 Å². The molecule has 134 valence electrons. The summed E-state index contributed by atoms with van der Waals surface area (Å²) >= 11 is 1.37. The van der Waals surface area contributed by atoms with Crippen LogP contribution in [0.1, 0.15) is 25.3 Å². The molecule has 2 heterocycles. The molecule has 1 amide bonds. The number of amides is 1. The number of aryl methyl sites for hydroxylation is 1. The standard InChI is InChI=1S/C17H24N6OS/c1-3-22-10-8-14(9-11-22)18-16(24)12-25-17-19-20-21-23(17)15-7-5-4-6-13(15)2/h4-7,14H,3,8-12H2,1-2H3,(H,18,24)/p+1. The Morgan fingerprint density at radius 3 is 2.84 bits per heavy atom. The van der Waals surface area contributed by atoms with Crippen LogP contribution in [0.25, 0.3) is 5.69 Å². The number of para-hydroxylation sites is 1. The third kappa shape index (κ3) is 4.58. The molecule has 1 fully saturated rings. The second-order valence-corrected chi connectivity index (χ2v) is 7.34. The van der Waals surface area contributed by atoms with Crippen LogP contribution in [-0.4, -0.2) is 57.5 Å². The van der Waals surface area contributed by atoms with E-state index in [-0.39, 0.29) is 5.91 Å². The third-order valence-corrected chi connectivity index (χ3v) is 5.59. The van der Waals surface area contributed by atoms with E-state index in [9.17, 15) is 4.79 Å². The molecule has 7 nitrogen and oxygen atoms in total. The van der Waals surface area contributed by atoms with Gasteiger partial charge in [0.1, 0.15) is 0 Å². The highest BCUT2D eigenvalue weighted by Gasteiger charge is 2.22. The fourth-order valence-electron chi connectivity index (χ4n) is 3.14. The molecular weight excluding hydrogens is 336 g/mol. The van der Waals surface area contributed by atoms with Crippen molar-refractivity contribution < 1.29 is 9.69 Å². The maximum Gasteiger partial charge on any atom is 0.230 e. The van der Waals surface area contributed by atoms with E-state index in [2.05, 4.69) is 27.8 Å². The number of quaternary nitrogens is 1. The SMILES string of the molecule is CC[NH+]1CCC(NC(=O)CSc2nnnn2-c2ccccc2C)CC1. The fourth-order valence-corrected chi connectivity index (χ4v) is 3.84. The van der Waals surface area contributed by atoms with E-state index < -0.39 is 0 Å². The lowest BCUT2D eigenvalue weighted by Crippen LogP contribution is -3.13. The molecule has 1 aliphatic heterocycles. The Hall–Kier alpha value is -1.93. The molecule has 0 spiro atoms. The van der Waals surface area contributed by atoms with Gasteiger partial charge in [0, 0.05) is 18.9 Å². The van der Waals surface area contributed by atoms with Gasteiger partial charge in [-0.15, -0.1) is 5.10 Å². The van der Waals surface area contributed by atoms with Crippen LogP contribution in [0.15, 0.2) is 29.4 Å². The Labute approximate surface area is 152 Å². The number of carbonyl (C=O) groups is 1. The number of thioether (sulfide) groups is 1. The minimum atomic E-state index is 0.0503. The quantitative estimate of drug-likeness (QED) is 0.721. The summed E-state index contributed by atoms with van der Waals surface area (Å²) in [6.45, 7) is 7.67. The van der Waals surface area contributed by atoms with Crippen LogP contribution in [0.3, 0.4) is 0 Å². The molecule has 2 aromatic rings. The smallest absolute Gasteiger partial charge is 0.230 e. The third-order valence-electron chi connectivity index (χ3n) is 4.67. The van der Waals surface area contributed by atoms with Crippen molar-refractivity contribution in [2.45, 2.75) is 37.9 Å². The normalized spacial score (nSPS) is 20.4. The van der Waals surface area contributed by atoms with Crippen LogP contribution >= 0.6 is 11.8 Å². The molecule has 0 aliphatic carbocycles. The van der Waals surface area contributed by atoms with Gasteiger partial charge in [0.15, 0.2) is 0 Å². The summed E-state index contributed by atoms with van der Waals surface area (Å²) in [5, 5.41) is 15.7. The summed E-state index contributed by atoms with van der Waals surface area (Å²) in [6.07, 6.45) is 2.11. The van der Waals surface area contributed by atoms with Gasteiger partial charge in [-0.1, -0.05) is 30.0 Å². The molecule has 1 aromatic heterocycles. The van der Waals surface area contributed by atoms with E-state index in [1.54, 1.807) is 9.58 Å². The first-order valence-corrected chi connectivity index (χ1v) is 9.76. The van der Waals surface area contributed by atoms with Crippen LogP contribution < -0.4 is 10.2 Å². The lowest BCUT2D eigenvalue weighted by Gasteiger charge is -2.28. The first-order valence-electron chi connectivity index (χ1n) is 8.77. The van der Waals surface area contributed by atoms with Crippen molar-refractivity contribution in [1.82, 2.24) is 25.5 Å². The number of aromatic nitrogens is 4. The largest absolute Gasteiger partial charge is 0.352 e. The van der Waals surface area contributed by atoms with Gasteiger partial charge in [0.05, 0.1) is 31.1 Å². The number of rotatable bonds is 6. The number of nitrogens with one attached hydrogen (secondary N) is 2. The summed E-state index contributed by atoms with van der Waals surface area (Å²) in [7, 11) is 0. The lowest BCUT2D eigenvalue weighted by molar-refractivity contribution is -0.903. The maximum atomic E-state index is 12.3. The van der Waals surface area contributed by atoms with E-state index in [1.807, 2.05) is 31.2 Å². The van der Waals surface area contributed by atoms with Gasteiger partial charge in [-0.25, -0.2) is 0 Å². The Morgan fingerprint density at radius 1 is 1.36 bits per heavy atom. The van der Waals surface area contributed by atoms with Crippen LogP contribution in [0.5, 0.6) is 0 Å². The fraction of sp³-hybridized carbons (Fsp3) is 0.529. The molecule has 1 aromatic carbocycles. The number of tetrazole rings is 1. The number of hydrogen-bond donors (Lipinski definition) is 2. The summed E-state index contributed by atoms with van der Waals surface area (Å²) in [5.41, 5.74) is 2.02. The molecule has 0 radical (unpaired) electrons. The Bertz CT molecular complexity index is 711. The van der Waals surface area contributed by atoms with Crippen molar-refractivity contribution in [1.29, 1.82) is 0 Å². The summed E-state index contributed by atoms with van der Waals surface area (Å²) in [4.78, 5) is 13.9. The zero-order chi connectivity index (χ0) is 17.6. The monoisotopic (exact) mass is 361 g/mol. The number of nitrogens with zero attached hydrogens (tertiary/aromatic N) is 4. The van der Waals surface area contributed by atoms with E-state index >= 15 is 0 Å². The van der Waals surface area contributed by atoms with Crippen molar-refractivity contribution in [2.75, 3.05) is 25.4 Å². The molecule has 8 heteroatoms. The van der Waals surface area contributed by atoms with Crippen molar-refractivity contribution in [3.63, 3.8) is 0 Å². The molecule has 1 saturated heterocycles. The topological polar surface area (TPSA) is 77.1 Å². The number of likely N-dealkylation sites (tertiary alicyclic amines) is 1. The van der Waals surface area contributed by atoms with Crippen molar-refractivity contribution >= 4 is 17.7 Å². The first kappa shape index (κ1) is 17.9. The zero-order valence-electron chi connectivity index (χ0n) is 14.7. The highest BCUT2D eigenvalue weighted by molar-refractivity contribution is 7.99. The number of benzene rings is 1. The van der Waals surface area contributed by atoms with Crippen LogP contribution in [0.2, 0.25) is 0 Å². The van der Waals surface area contributed by atoms with Crippen molar-refractivity contribution in [3.8, 4) is 5.69 Å². The van der Waals surface area contributed by atoms with E-state index in [1.165, 1.54) is 11.8 Å². The number of carbonyl (C=O) groups excluding carboxylic acids is 1. The highest BCUT2D eigenvalue weighted by atomic mass is 32.2. The lowest BCUT2D eigenvalue weighted by atomic mass is 10.1. The molecular formula is C17H25N6OS+. The van der Waals surface area contributed by atoms with E-state index in [0.717, 1.165) is 43.7 Å². The predicted molar refractivity (Wildman–Crippen MR) is 97.0 cm³/mol. The number of piperidine rings is 1. The van der Waals surface area contributed by atoms with E-state index in [0.29, 0.717) is 17.0 Å². The maximum absolute atomic E-state index is 12.3. The van der Waals surface area contributed by atoms with Gasteiger partial charge in [-0.2, -0.15) is 4.68 Å². The molecule has 3 rings (SSSR count). The van der Waals surface area contributed by atoms with Gasteiger partial charge < -0.3 is 10.2 Å².